The third-order valence-corrected chi connectivity index (χ3v) is 3.36. The van der Waals surface area contributed by atoms with Crippen LogP contribution in [0.1, 0.15) is 24.2 Å². The Kier molecular flexibility index (Phi) is 4.45. The first kappa shape index (κ1) is 13.9. The van der Waals surface area contributed by atoms with Gasteiger partial charge in [-0.1, -0.05) is 30.7 Å². The second-order valence-electron chi connectivity index (χ2n) is 4.42. The Labute approximate surface area is 118 Å². The van der Waals surface area contributed by atoms with E-state index >= 15 is 0 Å². The summed E-state index contributed by atoms with van der Waals surface area (Å²) >= 11 is 6.13. The number of nitrogens with one attached hydrogen (secondary N) is 1. The number of aliphatic hydroxyl groups excluding tert-OH is 1. The van der Waals surface area contributed by atoms with Crippen molar-refractivity contribution < 1.29 is 5.11 Å². The van der Waals surface area contributed by atoms with Crippen LogP contribution in [0.2, 0.25) is 5.02 Å². The summed E-state index contributed by atoms with van der Waals surface area (Å²) in [5.74, 6) is 0. The summed E-state index contributed by atoms with van der Waals surface area (Å²) in [5.41, 5.74) is 2.81. The average Bonchev–Trinajstić information content (AvgIpc) is 2.79. The molecule has 0 spiro atoms. The molecule has 1 heterocycles. The van der Waals surface area contributed by atoms with Crippen molar-refractivity contribution in [2.75, 3.05) is 11.9 Å². The maximum absolute atomic E-state index is 9.62. The fourth-order valence-electron chi connectivity index (χ4n) is 2.11. The summed E-state index contributed by atoms with van der Waals surface area (Å²) in [7, 11) is 1.88. The molecule has 1 unspecified atom stereocenters. The van der Waals surface area contributed by atoms with E-state index in [1.165, 1.54) is 0 Å². The molecule has 0 radical (unpaired) electrons. The molecule has 0 aliphatic heterocycles. The minimum atomic E-state index is -0.205. The number of nitrogens with zero attached hydrogens (tertiary/aromatic N) is 2. The van der Waals surface area contributed by atoms with Crippen molar-refractivity contribution in [1.29, 1.82) is 0 Å². The predicted octanol–water partition coefficient (Wildman–Crippen LogP) is 2.78. The van der Waals surface area contributed by atoms with E-state index in [1.807, 2.05) is 37.5 Å². The highest BCUT2D eigenvalue weighted by molar-refractivity contribution is 6.33. The van der Waals surface area contributed by atoms with E-state index in [1.54, 1.807) is 4.68 Å². The van der Waals surface area contributed by atoms with Gasteiger partial charge in [0.2, 0.25) is 0 Å². The maximum atomic E-state index is 9.62. The molecule has 0 bridgehead atoms. The second kappa shape index (κ2) is 6.08. The van der Waals surface area contributed by atoms with E-state index in [-0.39, 0.29) is 12.6 Å². The molecule has 1 atom stereocenters. The largest absolute Gasteiger partial charge is 0.394 e. The minimum Gasteiger partial charge on any atom is -0.394 e. The summed E-state index contributed by atoms with van der Waals surface area (Å²) in [6, 6.07) is 7.30. The van der Waals surface area contributed by atoms with E-state index in [0.29, 0.717) is 5.02 Å². The van der Waals surface area contributed by atoms with Crippen molar-refractivity contribution in [3.63, 3.8) is 0 Å². The van der Waals surface area contributed by atoms with E-state index in [4.69, 9.17) is 11.6 Å². The van der Waals surface area contributed by atoms with Gasteiger partial charge in [-0.05, 0) is 18.6 Å². The third kappa shape index (κ3) is 3.08. The molecular formula is C14H18ClN3O. The highest BCUT2D eigenvalue weighted by Gasteiger charge is 2.17. The number of hydrogen-bond acceptors (Lipinski definition) is 3. The maximum Gasteiger partial charge on any atom is 0.0778 e. The van der Waals surface area contributed by atoms with Gasteiger partial charge in [-0.15, -0.1) is 0 Å². The fraction of sp³-hybridized carbons (Fsp3) is 0.357. The minimum absolute atomic E-state index is 0.0100. The number of halogens is 1. The van der Waals surface area contributed by atoms with E-state index in [9.17, 15) is 5.11 Å². The zero-order valence-electron chi connectivity index (χ0n) is 11.1. The van der Waals surface area contributed by atoms with Gasteiger partial charge in [0, 0.05) is 18.8 Å². The Balaban J connectivity index is 2.27. The lowest BCUT2D eigenvalue weighted by atomic mass is 10.1. The molecule has 0 aliphatic rings. The molecule has 5 heteroatoms. The van der Waals surface area contributed by atoms with Gasteiger partial charge >= 0.3 is 0 Å². The Morgan fingerprint density at radius 2 is 2.16 bits per heavy atom. The predicted molar refractivity (Wildman–Crippen MR) is 77.5 cm³/mol. The molecule has 2 rings (SSSR count). The molecule has 19 heavy (non-hydrogen) atoms. The lowest BCUT2D eigenvalue weighted by Gasteiger charge is -2.18. The Bertz CT molecular complexity index is 553. The fourth-order valence-corrected chi connectivity index (χ4v) is 2.30. The van der Waals surface area contributed by atoms with E-state index < -0.39 is 0 Å². The third-order valence-electron chi connectivity index (χ3n) is 3.03. The zero-order chi connectivity index (χ0) is 13.8. The summed E-state index contributed by atoms with van der Waals surface area (Å²) < 4.78 is 1.77. The van der Waals surface area contributed by atoms with Gasteiger partial charge in [0.15, 0.2) is 0 Å². The number of anilines is 1. The van der Waals surface area contributed by atoms with Gasteiger partial charge < -0.3 is 10.4 Å². The van der Waals surface area contributed by atoms with Crippen molar-refractivity contribution in [2.45, 2.75) is 19.4 Å². The molecule has 0 fully saturated rings. The number of aliphatic hydroxyl groups is 1. The van der Waals surface area contributed by atoms with Crippen LogP contribution in [-0.4, -0.2) is 21.5 Å². The summed E-state index contributed by atoms with van der Waals surface area (Å²) in [6.45, 7) is 2.04. The van der Waals surface area contributed by atoms with Gasteiger partial charge in [0.25, 0.3) is 0 Å². The SMILES string of the molecule is CCc1nn(C)cc1C(CO)Nc1ccccc1Cl. The first-order valence-corrected chi connectivity index (χ1v) is 6.67. The molecule has 0 amide bonds. The van der Waals surface area contributed by atoms with Gasteiger partial charge in [-0.25, -0.2) is 0 Å². The zero-order valence-corrected chi connectivity index (χ0v) is 11.9. The standard InChI is InChI=1S/C14H18ClN3O/c1-3-12-10(8-18(2)17-12)14(9-19)16-13-7-5-4-6-11(13)15/h4-8,14,16,19H,3,9H2,1-2H3. The molecule has 0 saturated heterocycles. The topological polar surface area (TPSA) is 50.1 Å². The number of hydrogen-bond donors (Lipinski definition) is 2. The molecule has 4 nitrogen and oxygen atoms in total. The molecule has 0 saturated carbocycles. The van der Waals surface area contributed by atoms with Gasteiger partial charge in [-0.2, -0.15) is 5.10 Å². The average molecular weight is 280 g/mol. The molecule has 0 aliphatic carbocycles. The van der Waals surface area contributed by atoms with Crippen LogP contribution in [-0.2, 0) is 13.5 Å². The normalized spacial score (nSPS) is 12.4. The molecule has 102 valence electrons. The molecule has 2 N–H and O–H groups in total. The van der Waals surface area contributed by atoms with Crippen LogP contribution < -0.4 is 5.32 Å². The molecular weight excluding hydrogens is 262 g/mol. The first-order chi connectivity index (χ1) is 9.15. The smallest absolute Gasteiger partial charge is 0.0778 e. The van der Waals surface area contributed by atoms with Crippen LogP contribution in [0.25, 0.3) is 0 Å². The molecule has 1 aromatic heterocycles. The van der Waals surface area contributed by atoms with Crippen molar-refractivity contribution in [3.05, 3.63) is 46.7 Å². The number of aryl methyl sites for hydroxylation is 2. The van der Waals surface area contributed by atoms with Crippen LogP contribution in [0.5, 0.6) is 0 Å². The number of benzene rings is 1. The van der Waals surface area contributed by atoms with Gasteiger partial charge in [-0.3, -0.25) is 4.68 Å². The van der Waals surface area contributed by atoms with Crippen molar-refractivity contribution in [1.82, 2.24) is 9.78 Å². The van der Waals surface area contributed by atoms with Crippen molar-refractivity contribution >= 4 is 17.3 Å². The Morgan fingerprint density at radius 1 is 1.42 bits per heavy atom. The van der Waals surface area contributed by atoms with Crippen LogP contribution in [0.4, 0.5) is 5.69 Å². The lowest BCUT2D eigenvalue weighted by molar-refractivity contribution is 0.276. The van der Waals surface area contributed by atoms with E-state index in [0.717, 1.165) is 23.4 Å². The van der Waals surface area contributed by atoms with Crippen LogP contribution in [0.3, 0.4) is 0 Å². The number of rotatable bonds is 5. The second-order valence-corrected chi connectivity index (χ2v) is 4.82. The first-order valence-electron chi connectivity index (χ1n) is 6.30. The van der Waals surface area contributed by atoms with Crippen LogP contribution >= 0.6 is 11.6 Å². The quantitative estimate of drug-likeness (QED) is 0.885. The summed E-state index contributed by atoms with van der Waals surface area (Å²) in [5, 5.41) is 17.9. The van der Waals surface area contributed by atoms with Gasteiger partial charge in [0.1, 0.15) is 0 Å². The highest BCUT2D eigenvalue weighted by atomic mass is 35.5. The van der Waals surface area contributed by atoms with Crippen LogP contribution in [0.15, 0.2) is 30.5 Å². The summed E-state index contributed by atoms with van der Waals surface area (Å²) in [4.78, 5) is 0. The molecule has 1 aromatic carbocycles. The summed E-state index contributed by atoms with van der Waals surface area (Å²) in [6.07, 6.45) is 2.76. The van der Waals surface area contributed by atoms with E-state index in [2.05, 4.69) is 17.3 Å². The lowest BCUT2D eigenvalue weighted by Crippen LogP contribution is -2.16. The Hall–Kier alpha value is -1.52. The van der Waals surface area contributed by atoms with Gasteiger partial charge in [0.05, 0.1) is 29.1 Å². The monoisotopic (exact) mass is 279 g/mol. The number of aromatic nitrogens is 2. The molecule has 2 aromatic rings. The number of para-hydroxylation sites is 1. The Morgan fingerprint density at radius 3 is 2.79 bits per heavy atom. The van der Waals surface area contributed by atoms with Crippen molar-refractivity contribution in [3.8, 4) is 0 Å². The van der Waals surface area contributed by atoms with Crippen LogP contribution in [0, 0.1) is 0 Å². The van der Waals surface area contributed by atoms with Crippen molar-refractivity contribution in [2.24, 2.45) is 7.05 Å². The highest BCUT2D eigenvalue weighted by Crippen LogP contribution is 2.27.